The molecule has 0 saturated carbocycles. The molecular weight excluding hydrogens is 612 g/mol. The molecule has 16 nitrogen and oxygen atoms in total. The Morgan fingerprint density at radius 1 is 0.860 bits per heavy atom. The summed E-state index contributed by atoms with van der Waals surface area (Å²) < 4.78 is 69.0. The molecule has 4 N–H and O–H groups in total. The molecule has 43 heavy (non-hydrogen) atoms. The molecule has 2 aromatic carbocycles. The third kappa shape index (κ3) is 6.57. The summed E-state index contributed by atoms with van der Waals surface area (Å²) in [4.78, 5) is 47.6. The van der Waals surface area contributed by atoms with E-state index in [0.717, 1.165) is 52.2 Å². The molecule has 2 heterocycles. The number of hydrazone groups is 1. The fourth-order valence-electron chi connectivity index (χ4n) is 3.69. The maximum atomic E-state index is 12.9. The Hall–Kier alpha value is -5.43. The van der Waals surface area contributed by atoms with E-state index in [0.29, 0.717) is 0 Å². The van der Waals surface area contributed by atoms with Gasteiger partial charge in [0.2, 0.25) is 5.88 Å². The number of carbonyl (C=O) groups excluding carboxylic acids is 2. The van der Waals surface area contributed by atoms with E-state index in [1.807, 2.05) is 0 Å². The molecule has 0 aliphatic carbocycles. The monoisotopic (exact) mass is 630 g/mol. The van der Waals surface area contributed by atoms with E-state index in [1.165, 1.54) is 36.4 Å². The van der Waals surface area contributed by atoms with E-state index in [1.54, 1.807) is 0 Å². The first-order valence-electron chi connectivity index (χ1n) is 11.5. The van der Waals surface area contributed by atoms with Gasteiger partial charge in [-0.15, -0.1) is 0 Å². The summed E-state index contributed by atoms with van der Waals surface area (Å²) in [7, 11) is -8.96. The maximum absolute atomic E-state index is 12.9. The highest BCUT2D eigenvalue weighted by Crippen LogP contribution is 2.25. The summed E-state index contributed by atoms with van der Waals surface area (Å²) in [5.41, 5.74) is -1.59. The fourth-order valence-corrected chi connectivity index (χ4v) is 4.65. The van der Waals surface area contributed by atoms with Crippen LogP contribution in [0.5, 0.6) is 5.88 Å². The number of amides is 1. The van der Waals surface area contributed by atoms with Crippen LogP contribution in [0.4, 0.5) is 5.69 Å². The number of H-pyrrole nitrogens is 1. The number of allylic oxidation sites excluding steroid dienone is 4. The van der Waals surface area contributed by atoms with E-state index in [2.05, 4.69) is 10.2 Å². The lowest BCUT2D eigenvalue weighted by molar-refractivity contribution is -0.129. The average Bonchev–Trinajstić information content (AvgIpc) is 3.44. The Morgan fingerprint density at radius 2 is 1.42 bits per heavy atom. The van der Waals surface area contributed by atoms with E-state index in [4.69, 9.17) is 13.8 Å². The topological polar surface area (TPSA) is 243 Å². The van der Waals surface area contributed by atoms with E-state index in [9.17, 15) is 41.1 Å². The van der Waals surface area contributed by atoms with Gasteiger partial charge in [-0.3, -0.25) is 28.6 Å². The summed E-state index contributed by atoms with van der Waals surface area (Å²) in [6.45, 7) is 0.0646. The van der Waals surface area contributed by atoms with E-state index in [-0.39, 0.29) is 34.9 Å². The second kappa shape index (κ2) is 11.8. The molecule has 1 aliphatic heterocycles. The first kappa shape index (κ1) is 30.5. The summed E-state index contributed by atoms with van der Waals surface area (Å²) in [5.74, 6) is -2.63. The van der Waals surface area contributed by atoms with Crippen LogP contribution in [-0.2, 0) is 34.6 Å². The molecule has 0 saturated heterocycles. The highest BCUT2D eigenvalue weighted by atomic mass is 32.2. The first-order valence-corrected chi connectivity index (χ1v) is 14.4. The van der Waals surface area contributed by atoms with Crippen molar-refractivity contribution in [2.75, 3.05) is 5.01 Å². The Labute approximate surface area is 241 Å². The van der Waals surface area contributed by atoms with Crippen LogP contribution < -0.4 is 15.3 Å². The number of carboxylic acids is 1. The second-order valence-corrected chi connectivity index (χ2v) is 11.2. The Morgan fingerprint density at radius 3 is 1.93 bits per heavy atom. The molecule has 0 fully saturated rings. The zero-order chi connectivity index (χ0) is 31.5. The molecule has 222 valence electrons. The van der Waals surface area contributed by atoms with Gasteiger partial charge in [-0.1, -0.05) is 18.2 Å². The van der Waals surface area contributed by atoms with Gasteiger partial charge in [0.15, 0.2) is 5.71 Å². The van der Waals surface area contributed by atoms with Crippen molar-refractivity contribution in [3.63, 3.8) is 0 Å². The van der Waals surface area contributed by atoms with Crippen LogP contribution in [-0.4, -0.2) is 64.9 Å². The normalized spacial score (nSPS) is 15.0. The maximum Gasteiger partial charge on any atom is 0.357 e. The summed E-state index contributed by atoms with van der Waals surface area (Å²) >= 11 is 0. The van der Waals surface area contributed by atoms with Crippen molar-refractivity contribution < 1.29 is 50.2 Å². The minimum absolute atomic E-state index is 0.0301. The molecular formula is C25H18N4O12S2. The third-order valence-corrected chi connectivity index (χ3v) is 7.39. The van der Waals surface area contributed by atoms with Crippen LogP contribution in [0.15, 0.2) is 98.1 Å². The zero-order valence-corrected chi connectivity index (χ0v) is 22.9. The van der Waals surface area contributed by atoms with Crippen LogP contribution in [0, 0.1) is 0 Å². The number of ether oxygens (including phenoxy) is 1. The predicted molar refractivity (Wildman–Crippen MR) is 148 cm³/mol. The molecule has 4 rings (SSSR count). The number of aliphatic carboxylic acids is 1. The first-order chi connectivity index (χ1) is 20.2. The van der Waals surface area contributed by atoms with Crippen molar-refractivity contribution in [1.29, 1.82) is 0 Å². The number of aromatic amines is 1. The number of hydrogen-bond donors (Lipinski definition) is 4. The largest absolute Gasteiger partial charge is 0.476 e. The Bertz CT molecular complexity index is 2020. The lowest BCUT2D eigenvalue weighted by Crippen LogP contribution is -2.22. The van der Waals surface area contributed by atoms with Crippen molar-refractivity contribution in [2.45, 2.75) is 9.79 Å². The lowest BCUT2D eigenvalue weighted by atomic mass is 10.1. The van der Waals surface area contributed by atoms with Crippen molar-refractivity contribution in [2.24, 2.45) is 5.10 Å². The van der Waals surface area contributed by atoms with Gasteiger partial charge in [-0.25, -0.2) is 9.48 Å². The molecule has 1 aromatic heterocycles. The average molecular weight is 631 g/mol. The van der Waals surface area contributed by atoms with Gasteiger partial charge in [-0.05, 0) is 60.7 Å². The molecule has 0 bridgehead atoms. The van der Waals surface area contributed by atoms with Crippen molar-refractivity contribution in [3.8, 4) is 11.6 Å². The van der Waals surface area contributed by atoms with E-state index < -0.39 is 53.2 Å². The molecule has 0 radical (unpaired) electrons. The molecule has 18 heteroatoms. The number of aromatic nitrogens is 2. The molecule has 1 amide bonds. The molecule has 0 atom stereocenters. The van der Waals surface area contributed by atoms with Gasteiger partial charge in [0.1, 0.15) is 5.56 Å². The zero-order valence-electron chi connectivity index (χ0n) is 21.3. The molecule has 0 spiro atoms. The van der Waals surface area contributed by atoms with Gasteiger partial charge in [0.25, 0.3) is 38.2 Å². The second-order valence-electron chi connectivity index (χ2n) is 8.34. The predicted octanol–water partition coefficient (Wildman–Crippen LogP) is 1.18. The molecule has 1 aliphatic rings. The minimum atomic E-state index is -4.49. The van der Waals surface area contributed by atoms with Crippen molar-refractivity contribution >= 4 is 56.1 Å². The Kier molecular flexibility index (Phi) is 8.39. The van der Waals surface area contributed by atoms with Gasteiger partial charge < -0.3 is 9.84 Å². The number of rotatable bonds is 10. The number of nitrogens with zero attached hydrogens (tertiary/aromatic N) is 3. The number of carbonyl (C=O) groups is 3. The van der Waals surface area contributed by atoms with E-state index >= 15 is 0 Å². The van der Waals surface area contributed by atoms with Crippen LogP contribution in [0.2, 0.25) is 0 Å². The van der Waals surface area contributed by atoms with Crippen LogP contribution >= 0.6 is 0 Å². The highest BCUT2D eigenvalue weighted by Gasteiger charge is 2.34. The Balaban J connectivity index is 1.58. The standard InChI is InChI=1S/C25H18N4O12S2/c30-14-41-22-20(24(32)29(27-22)16-8-12-18(13-9-16)43(38,39)40)5-3-1-2-4-19-21(25(33)34)26-28(23(19)31)15-6-10-17(11-7-15)42(35,36)37/h1-14,27H,(H,33,34)(H,35,36,37)(H,38,39,40)/b2-1?,5-3?,19-4-. The minimum Gasteiger partial charge on any atom is -0.476 e. The molecule has 0 unspecified atom stereocenters. The smallest absolute Gasteiger partial charge is 0.357 e. The quantitative estimate of drug-likeness (QED) is 0.107. The summed E-state index contributed by atoms with van der Waals surface area (Å²) in [6.07, 6.45) is 6.29. The summed E-state index contributed by atoms with van der Waals surface area (Å²) in [5, 5.41) is 16.6. The number of benzene rings is 2. The van der Waals surface area contributed by atoms with Gasteiger partial charge in [0.05, 0.1) is 26.7 Å². The number of nitrogens with one attached hydrogen (secondary N) is 1. The third-order valence-electron chi connectivity index (χ3n) is 5.66. The number of carboxylic acid groups (broad SMARTS) is 1. The van der Waals surface area contributed by atoms with Crippen LogP contribution in [0.1, 0.15) is 5.56 Å². The van der Waals surface area contributed by atoms with Crippen molar-refractivity contribution in [1.82, 2.24) is 9.78 Å². The number of hydrogen-bond acceptors (Lipinski definition) is 10. The molecule has 3 aromatic rings. The fraction of sp³-hybridized carbons (Fsp3) is 0. The van der Waals surface area contributed by atoms with Crippen molar-refractivity contribution in [3.05, 3.63) is 94.3 Å². The number of anilines is 1. The lowest BCUT2D eigenvalue weighted by Gasteiger charge is -2.11. The van der Waals surface area contributed by atoms with Gasteiger partial charge >= 0.3 is 5.97 Å². The summed E-state index contributed by atoms with van der Waals surface area (Å²) in [6, 6.07) is 8.86. The van der Waals surface area contributed by atoms with Gasteiger partial charge in [-0.2, -0.15) is 26.9 Å². The SMILES string of the molecule is O=COc1[nH]n(-c2ccc(S(=O)(=O)O)cc2)c(=O)c1C=CC=C/C=C1\C(=O)N(c2ccc(S(=O)(=O)O)cc2)N=C1C(=O)O. The van der Waals surface area contributed by atoms with Gasteiger partial charge in [0, 0.05) is 0 Å². The van der Waals surface area contributed by atoms with Crippen LogP contribution in [0.3, 0.4) is 0 Å². The highest BCUT2D eigenvalue weighted by molar-refractivity contribution is 7.86. The van der Waals surface area contributed by atoms with Crippen LogP contribution in [0.25, 0.3) is 11.8 Å².